The third-order valence-electron chi connectivity index (χ3n) is 5.88. The predicted octanol–water partition coefficient (Wildman–Crippen LogP) is 3.08. The van der Waals surface area contributed by atoms with Crippen molar-refractivity contribution >= 4 is 21.6 Å². The van der Waals surface area contributed by atoms with E-state index in [-0.39, 0.29) is 17.3 Å². The molecule has 2 N–H and O–H groups in total. The lowest BCUT2D eigenvalue weighted by Gasteiger charge is -2.26. The van der Waals surface area contributed by atoms with Gasteiger partial charge in [-0.25, -0.2) is 13.1 Å². The monoisotopic (exact) mass is 494 g/mol. The molecule has 1 aromatic heterocycles. The molecule has 35 heavy (non-hydrogen) atoms. The number of anilines is 1. The van der Waals surface area contributed by atoms with Crippen molar-refractivity contribution in [3.63, 3.8) is 0 Å². The molecule has 3 aromatic rings. The van der Waals surface area contributed by atoms with Crippen LogP contribution < -0.4 is 10.0 Å². The number of ether oxygens (including phenoxy) is 1. The summed E-state index contributed by atoms with van der Waals surface area (Å²) in [5.74, 6) is -0.254. The summed E-state index contributed by atoms with van der Waals surface area (Å²) in [4.78, 5) is 18.9. The van der Waals surface area contributed by atoms with Gasteiger partial charge in [-0.1, -0.05) is 24.3 Å². The molecule has 0 atom stereocenters. The number of carbonyl (C=O) groups is 1. The Bertz CT molecular complexity index is 1190. The van der Waals surface area contributed by atoms with E-state index in [1.54, 1.807) is 60.9 Å². The number of hydrogen-bond donors (Lipinski definition) is 2. The van der Waals surface area contributed by atoms with Crippen LogP contribution in [0.5, 0.6) is 0 Å². The van der Waals surface area contributed by atoms with Crippen molar-refractivity contribution in [1.29, 1.82) is 0 Å². The number of rotatable bonds is 10. The van der Waals surface area contributed by atoms with E-state index >= 15 is 0 Å². The van der Waals surface area contributed by atoms with Crippen LogP contribution in [0.3, 0.4) is 0 Å². The van der Waals surface area contributed by atoms with Gasteiger partial charge in [0.2, 0.25) is 10.0 Å². The van der Waals surface area contributed by atoms with Crippen LogP contribution in [0.4, 0.5) is 5.69 Å². The first-order valence-corrected chi connectivity index (χ1v) is 13.2. The molecule has 1 aliphatic heterocycles. The number of amides is 1. The molecule has 0 radical (unpaired) electrons. The van der Waals surface area contributed by atoms with E-state index in [0.29, 0.717) is 11.3 Å². The van der Waals surface area contributed by atoms with Gasteiger partial charge in [0.1, 0.15) is 0 Å². The van der Waals surface area contributed by atoms with Gasteiger partial charge in [0.15, 0.2) is 0 Å². The summed E-state index contributed by atoms with van der Waals surface area (Å²) in [6.45, 7) is 4.70. The number of nitrogens with one attached hydrogen (secondary N) is 2. The fraction of sp³-hybridized carbons (Fsp3) is 0.308. The van der Waals surface area contributed by atoms with E-state index in [0.717, 1.165) is 56.8 Å². The molecular formula is C26H30N4O4S. The van der Waals surface area contributed by atoms with Crippen molar-refractivity contribution in [3.8, 4) is 0 Å². The summed E-state index contributed by atoms with van der Waals surface area (Å²) in [6, 6.07) is 17.4. The highest BCUT2D eigenvalue weighted by atomic mass is 32.2. The van der Waals surface area contributed by atoms with Crippen LogP contribution in [0, 0.1) is 0 Å². The number of sulfonamides is 1. The number of aryl methyl sites for hydroxylation is 1. The second-order valence-corrected chi connectivity index (χ2v) is 10.2. The van der Waals surface area contributed by atoms with Gasteiger partial charge in [0, 0.05) is 31.4 Å². The molecule has 0 spiro atoms. The maximum Gasteiger partial charge on any atom is 0.255 e. The Morgan fingerprint density at radius 3 is 2.37 bits per heavy atom. The lowest BCUT2D eigenvalue weighted by Crippen LogP contribution is -2.36. The normalized spacial score (nSPS) is 14.5. The number of pyridine rings is 1. The van der Waals surface area contributed by atoms with Crippen molar-refractivity contribution in [2.24, 2.45) is 0 Å². The van der Waals surface area contributed by atoms with Crippen LogP contribution in [0.25, 0.3) is 0 Å². The maximum atomic E-state index is 12.7. The minimum atomic E-state index is -3.64. The van der Waals surface area contributed by atoms with Crippen LogP contribution >= 0.6 is 0 Å². The second kappa shape index (κ2) is 12.0. The summed E-state index contributed by atoms with van der Waals surface area (Å²) in [7, 11) is -3.64. The number of carbonyl (C=O) groups excluding carboxylic acids is 1. The summed E-state index contributed by atoms with van der Waals surface area (Å²) in [6.07, 6.45) is 5.14. The highest BCUT2D eigenvalue weighted by Crippen LogP contribution is 2.14. The first-order chi connectivity index (χ1) is 17.0. The average Bonchev–Trinajstić information content (AvgIpc) is 2.89. The van der Waals surface area contributed by atoms with Crippen LogP contribution in [0.15, 0.2) is 78.0 Å². The van der Waals surface area contributed by atoms with Crippen LogP contribution in [-0.2, 0) is 27.7 Å². The zero-order chi connectivity index (χ0) is 24.5. The molecule has 4 rings (SSSR count). The first-order valence-electron chi connectivity index (χ1n) is 11.7. The smallest absolute Gasteiger partial charge is 0.255 e. The molecule has 184 valence electrons. The summed E-state index contributed by atoms with van der Waals surface area (Å²) in [5, 5.41) is 2.77. The van der Waals surface area contributed by atoms with Gasteiger partial charge >= 0.3 is 0 Å². The molecule has 9 heteroatoms. The Kier molecular flexibility index (Phi) is 8.59. The quantitative estimate of drug-likeness (QED) is 0.449. The number of aromatic nitrogens is 1. The van der Waals surface area contributed by atoms with E-state index in [2.05, 4.69) is 19.9 Å². The largest absolute Gasteiger partial charge is 0.379 e. The fourth-order valence-corrected chi connectivity index (χ4v) is 4.86. The highest BCUT2D eigenvalue weighted by Gasteiger charge is 2.14. The van der Waals surface area contributed by atoms with Gasteiger partial charge < -0.3 is 10.1 Å². The van der Waals surface area contributed by atoms with Crippen molar-refractivity contribution in [1.82, 2.24) is 14.6 Å². The Balaban J connectivity index is 1.26. The molecule has 2 heterocycles. The van der Waals surface area contributed by atoms with Gasteiger partial charge in [-0.15, -0.1) is 0 Å². The zero-order valence-corrected chi connectivity index (χ0v) is 20.3. The van der Waals surface area contributed by atoms with Crippen LogP contribution in [0.1, 0.15) is 27.9 Å². The number of hydrogen-bond acceptors (Lipinski definition) is 6. The summed E-state index contributed by atoms with van der Waals surface area (Å²) < 4.78 is 33.4. The molecule has 1 aliphatic rings. The van der Waals surface area contributed by atoms with Crippen LogP contribution in [0.2, 0.25) is 0 Å². The Labute approximate surface area is 206 Å². The van der Waals surface area contributed by atoms with Gasteiger partial charge in [-0.3, -0.25) is 14.7 Å². The minimum Gasteiger partial charge on any atom is -0.379 e. The molecule has 0 unspecified atom stereocenters. The van der Waals surface area contributed by atoms with E-state index < -0.39 is 10.0 Å². The standard InChI is InChI=1S/C26H30N4O4S/c31-26(29-24-4-1-13-27-20-24)23-9-5-22(6-10-23)19-28-35(32,33)25-11-7-21(8-12-25)3-2-14-30-15-17-34-18-16-30/h1,4-13,20,28H,2-3,14-19H2,(H,29,31). The number of nitrogens with zero attached hydrogens (tertiary/aromatic N) is 2. The van der Waals surface area contributed by atoms with Crippen molar-refractivity contribution in [2.45, 2.75) is 24.3 Å². The average molecular weight is 495 g/mol. The van der Waals surface area contributed by atoms with Crippen LogP contribution in [-0.4, -0.2) is 57.1 Å². The Morgan fingerprint density at radius 1 is 0.971 bits per heavy atom. The minimum absolute atomic E-state index is 0.133. The lowest BCUT2D eigenvalue weighted by molar-refractivity contribution is 0.0374. The number of benzene rings is 2. The van der Waals surface area contributed by atoms with E-state index in [1.807, 2.05) is 12.1 Å². The maximum absolute atomic E-state index is 12.7. The zero-order valence-electron chi connectivity index (χ0n) is 19.5. The summed E-state index contributed by atoms with van der Waals surface area (Å²) in [5.41, 5.74) is 2.96. The van der Waals surface area contributed by atoms with Gasteiger partial charge in [-0.05, 0) is 66.9 Å². The van der Waals surface area contributed by atoms with Gasteiger partial charge in [0.25, 0.3) is 5.91 Å². The molecule has 0 bridgehead atoms. The molecule has 8 nitrogen and oxygen atoms in total. The van der Waals surface area contributed by atoms with E-state index in [4.69, 9.17) is 4.74 Å². The first kappa shape index (κ1) is 25.0. The lowest BCUT2D eigenvalue weighted by atomic mass is 10.1. The van der Waals surface area contributed by atoms with Gasteiger partial charge in [0.05, 0.1) is 30.0 Å². The highest BCUT2D eigenvalue weighted by molar-refractivity contribution is 7.89. The third kappa shape index (κ3) is 7.43. The Morgan fingerprint density at radius 2 is 1.69 bits per heavy atom. The predicted molar refractivity (Wildman–Crippen MR) is 135 cm³/mol. The molecule has 0 saturated carbocycles. The molecule has 2 aromatic carbocycles. The van der Waals surface area contributed by atoms with Crippen molar-refractivity contribution < 1.29 is 17.9 Å². The van der Waals surface area contributed by atoms with E-state index in [1.165, 1.54) is 0 Å². The molecule has 1 saturated heterocycles. The second-order valence-electron chi connectivity index (χ2n) is 8.42. The molecule has 0 aliphatic carbocycles. The molecule has 1 fully saturated rings. The SMILES string of the molecule is O=C(Nc1cccnc1)c1ccc(CNS(=O)(=O)c2ccc(CCCN3CCOCC3)cc2)cc1. The van der Waals surface area contributed by atoms with Crippen molar-refractivity contribution in [3.05, 3.63) is 89.7 Å². The molecule has 1 amide bonds. The van der Waals surface area contributed by atoms with Crippen molar-refractivity contribution in [2.75, 3.05) is 38.2 Å². The Hall–Kier alpha value is -3.11. The van der Waals surface area contributed by atoms with E-state index in [9.17, 15) is 13.2 Å². The summed E-state index contributed by atoms with van der Waals surface area (Å²) >= 11 is 0. The fourth-order valence-electron chi connectivity index (χ4n) is 3.84. The van der Waals surface area contributed by atoms with Gasteiger partial charge in [-0.2, -0.15) is 0 Å². The third-order valence-corrected chi connectivity index (χ3v) is 7.30. The topological polar surface area (TPSA) is 101 Å². The number of morpholine rings is 1. The molecular weight excluding hydrogens is 464 g/mol.